The Morgan fingerprint density at radius 3 is 2.57 bits per heavy atom. The predicted octanol–water partition coefficient (Wildman–Crippen LogP) is 8.80. The Balaban J connectivity index is 0.00000186. The molecule has 2 heterocycles. The van der Waals surface area contributed by atoms with Gasteiger partial charge in [-0.25, -0.2) is 0 Å². The van der Waals surface area contributed by atoms with Gasteiger partial charge in [-0.15, -0.1) is 0 Å². The Morgan fingerprint density at radius 2 is 1.81 bits per heavy atom. The van der Waals surface area contributed by atoms with Gasteiger partial charge in [0, 0.05) is 28.8 Å². The molecule has 1 aliphatic carbocycles. The average Bonchev–Trinajstić information content (AvgIpc) is 3.19. The molecule has 4 rings (SSSR count). The number of hydrogen-bond donors (Lipinski definition) is 0. The smallest absolute Gasteiger partial charge is 0.315 e. The lowest BCUT2D eigenvalue weighted by Crippen LogP contribution is -2.46. The molecule has 0 radical (unpaired) electrons. The summed E-state index contributed by atoms with van der Waals surface area (Å²) in [6, 6.07) is 5.99. The number of ether oxygens (including phenoxy) is 2. The van der Waals surface area contributed by atoms with Gasteiger partial charge in [0.1, 0.15) is 11.5 Å². The van der Waals surface area contributed by atoms with Crippen LogP contribution in [0.2, 0.25) is 5.02 Å². The molecular weight excluding hydrogens is 482 g/mol. The maximum atomic E-state index is 13.1. The highest BCUT2D eigenvalue weighted by atomic mass is 35.5. The van der Waals surface area contributed by atoms with Gasteiger partial charge in [0.25, 0.3) is 0 Å². The molecule has 206 valence electrons. The van der Waals surface area contributed by atoms with E-state index in [1.165, 1.54) is 43.2 Å². The molecule has 2 aliphatic heterocycles. The van der Waals surface area contributed by atoms with Crippen molar-refractivity contribution in [2.45, 2.75) is 98.3 Å². The molecule has 1 fully saturated rings. The maximum absolute atomic E-state index is 13.1. The number of likely N-dealkylation sites (tertiary alicyclic amines) is 1. The third-order valence-electron chi connectivity index (χ3n) is 8.14. The second kappa shape index (κ2) is 13.3. The number of benzene rings is 1. The van der Waals surface area contributed by atoms with Crippen LogP contribution in [-0.4, -0.2) is 37.3 Å². The number of carbonyl (C=O) groups is 1. The van der Waals surface area contributed by atoms with E-state index in [0.717, 1.165) is 55.3 Å². The number of fused-ring (bicyclic) bond motifs is 4. The zero-order chi connectivity index (χ0) is 27.1. The first-order valence-corrected chi connectivity index (χ1v) is 15.0. The second-order valence-electron chi connectivity index (χ2n) is 11.8. The number of esters is 1. The van der Waals surface area contributed by atoms with Crippen molar-refractivity contribution in [1.82, 2.24) is 0 Å². The number of unbranched alkanes of at least 4 members (excludes halogenated alkanes) is 5. The van der Waals surface area contributed by atoms with Gasteiger partial charge in [-0.05, 0) is 50.5 Å². The minimum atomic E-state index is -0.441. The zero-order valence-electron chi connectivity index (χ0n) is 24.1. The van der Waals surface area contributed by atoms with Gasteiger partial charge >= 0.3 is 5.97 Å². The molecule has 1 aromatic carbocycles. The number of carbonyl (C=O) groups excluding carboxylic acids is 1. The lowest BCUT2D eigenvalue weighted by atomic mass is 9.82. The van der Waals surface area contributed by atoms with Gasteiger partial charge < -0.3 is 9.47 Å². The van der Waals surface area contributed by atoms with E-state index in [9.17, 15) is 4.79 Å². The highest BCUT2D eigenvalue weighted by molar-refractivity contribution is 6.30. The van der Waals surface area contributed by atoms with Crippen molar-refractivity contribution < 1.29 is 18.8 Å². The maximum Gasteiger partial charge on any atom is 0.315 e. The Kier molecular flexibility index (Phi) is 10.7. The summed E-state index contributed by atoms with van der Waals surface area (Å²) in [4.78, 5) is 13.1. The highest BCUT2D eigenvalue weighted by Crippen LogP contribution is 2.49. The fraction of sp³-hybridized carbons (Fsp3) is 0.656. The van der Waals surface area contributed by atoms with Crippen molar-refractivity contribution in [2.24, 2.45) is 11.3 Å². The predicted molar refractivity (Wildman–Crippen MR) is 154 cm³/mol. The quantitative estimate of drug-likeness (QED) is 0.172. The van der Waals surface area contributed by atoms with Crippen LogP contribution in [0, 0.1) is 11.3 Å². The fourth-order valence-corrected chi connectivity index (χ4v) is 6.19. The first-order chi connectivity index (χ1) is 17.7. The first kappa shape index (κ1) is 29.8. The third-order valence-corrected chi connectivity index (χ3v) is 8.37. The van der Waals surface area contributed by atoms with E-state index in [-0.39, 0.29) is 5.97 Å². The molecule has 1 saturated heterocycles. The molecule has 5 heteroatoms. The van der Waals surface area contributed by atoms with Crippen molar-refractivity contribution >= 4 is 17.6 Å². The summed E-state index contributed by atoms with van der Waals surface area (Å²) in [6.45, 7) is 12.5. The third kappa shape index (κ3) is 7.41. The van der Waals surface area contributed by atoms with Crippen molar-refractivity contribution in [3.8, 4) is 5.75 Å². The summed E-state index contributed by atoms with van der Waals surface area (Å²) in [7, 11) is 2.22. The Labute approximate surface area is 230 Å². The number of hydrogen-bond acceptors (Lipinski definition) is 3. The number of rotatable bonds is 10. The SMILES string of the molecule is CC.CCCCCCCCC(C)(C)C(=O)OC[N+]1(C)CC2C3=C(CCC=C3)Oc3ccc(Cl)cc3C2C1. The molecule has 3 aliphatic rings. The van der Waals surface area contributed by atoms with Crippen molar-refractivity contribution in [2.75, 3.05) is 26.9 Å². The Hall–Kier alpha value is -1.78. The molecule has 0 bridgehead atoms. The van der Waals surface area contributed by atoms with Crippen LogP contribution in [0.1, 0.15) is 104 Å². The number of nitrogens with zero attached hydrogens (tertiary/aromatic N) is 1. The second-order valence-corrected chi connectivity index (χ2v) is 12.2. The van der Waals surface area contributed by atoms with E-state index >= 15 is 0 Å². The van der Waals surface area contributed by atoms with E-state index < -0.39 is 5.41 Å². The zero-order valence-corrected chi connectivity index (χ0v) is 24.8. The first-order valence-electron chi connectivity index (χ1n) is 14.6. The Bertz CT molecular complexity index is 982. The standard InChI is InChI=1S/C30H43ClNO3.C2H6/c1-5-6-7-8-9-12-17-30(2,3)29(33)34-21-32(4)19-25-23-13-10-11-14-27(23)35-28-16-15-22(31)18-24(28)26(25)20-32;1-2/h10,13,15-16,18,25-26H,5-9,11-12,14,17,19-21H2,1-4H3;1-2H3/q+1;. The van der Waals surface area contributed by atoms with Gasteiger partial charge in [0.15, 0.2) is 0 Å². The normalized spacial score (nSPS) is 24.2. The van der Waals surface area contributed by atoms with E-state index in [1.54, 1.807) is 0 Å². The summed E-state index contributed by atoms with van der Waals surface area (Å²) < 4.78 is 13.1. The van der Waals surface area contributed by atoms with Gasteiger partial charge in [0.2, 0.25) is 6.73 Å². The molecule has 1 aromatic rings. The van der Waals surface area contributed by atoms with Crippen LogP contribution in [0.3, 0.4) is 0 Å². The summed E-state index contributed by atoms with van der Waals surface area (Å²) in [5.41, 5.74) is 2.05. The van der Waals surface area contributed by atoms with Crippen molar-refractivity contribution in [3.05, 3.63) is 52.3 Å². The fourth-order valence-electron chi connectivity index (χ4n) is 6.01. The molecule has 0 spiro atoms. The van der Waals surface area contributed by atoms with Crippen LogP contribution in [0.25, 0.3) is 0 Å². The van der Waals surface area contributed by atoms with Gasteiger partial charge in [-0.2, -0.15) is 0 Å². The van der Waals surface area contributed by atoms with E-state index in [0.29, 0.717) is 23.0 Å². The number of allylic oxidation sites excluding steroid dienone is 3. The molecule has 0 aromatic heterocycles. The Morgan fingerprint density at radius 1 is 1.11 bits per heavy atom. The van der Waals surface area contributed by atoms with Crippen LogP contribution in [-0.2, 0) is 9.53 Å². The molecule has 3 unspecified atom stereocenters. The number of likely N-dealkylation sites (N-methyl/N-ethyl adjacent to an activating group) is 1. The number of quaternary nitrogens is 1. The van der Waals surface area contributed by atoms with Gasteiger partial charge in [-0.1, -0.05) is 83.0 Å². The molecule has 0 saturated carbocycles. The minimum absolute atomic E-state index is 0.0678. The van der Waals surface area contributed by atoms with Crippen LogP contribution in [0.4, 0.5) is 0 Å². The van der Waals surface area contributed by atoms with Crippen LogP contribution in [0.5, 0.6) is 5.75 Å². The van der Waals surface area contributed by atoms with E-state index in [2.05, 4.69) is 32.2 Å². The summed E-state index contributed by atoms with van der Waals surface area (Å²) >= 11 is 6.42. The van der Waals surface area contributed by atoms with Gasteiger partial charge in [-0.3, -0.25) is 9.28 Å². The monoisotopic (exact) mass is 530 g/mol. The van der Waals surface area contributed by atoms with E-state index in [1.807, 2.05) is 39.8 Å². The highest BCUT2D eigenvalue weighted by Gasteiger charge is 2.49. The van der Waals surface area contributed by atoms with Gasteiger partial charge in [0.05, 0.1) is 25.6 Å². The average molecular weight is 531 g/mol. The van der Waals surface area contributed by atoms with Crippen molar-refractivity contribution in [3.63, 3.8) is 0 Å². The summed E-state index contributed by atoms with van der Waals surface area (Å²) in [5, 5.41) is 0.741. The molecule has 0 N–H and O–H groups in total. The van der Waals surface area contributed by atoms with Crippen molar-refractivity contribution in [1.29, 1.82) is 0 Å². The molecule has 37 heavy (non-hydrogen) atoms. The number of halogens is 1. The van der Waals surface area contributed by atoms with E-state index in [4.69, 9.17) is 21.1 Å². The molecule has 4 nitrogen and oxygen atoms in total. The molecule has 0 amide bonds. The lowest BCUT2D eigenvalue weighted by molar-refractivity contribution is -0.916. The lowest BCUT2D eigenvalue weighted by Gasteiger charge is -2.31. The van der Waals surface area contributed by atoms with Crippen LogP contribution >= 0.6 is 11.6 Å². The topological polar surface area (TPSA) is 35.5 Å². The minimum Gasteiger partial charge on any atom is -0.461 e. The largest absolute Gasteiger partial charge is 0.461 e. The molecule has 3 atom stereocenters. The summed E-state index contributed by atoms with van der Waals surface area (Å²) in [6.07, 6.45) is 14.8. The molecular formula is C32H49ClNO3+. The van der Waals surface area contributed by atoms with Crippen LogP contribution in [0.15, 0.2) is 41.7 Å². The van der Waals surface area contributed by atoms with Crippen LogP contribution < -0.4 is 4.74 Å². The summed E-state index contributed by atoms with van der Waals surface area (Å²) in [5.74, 6) is 2.57.